The van der Waals surface area contributed by atoms with Gasteiger partial charge in [-0.05, 0) is 26.0 Å². The summed E-state index contributed by atoms with van der Waals surface area (Å²) < 4.78 is 39.4. The number of sulfonamides is 1. The van der Waals surface area contributed by atoms with Crippen LogP contribution in [0.25, 0.3) is 0 Å². The Labute approximate surface area is 122 Å². The number of carbonyl (C=O) groups is 1. The first-order chi connectivity index (χ1) is 9.61. The molecule has 6 nitrogen and oxygen atoms in total. The second kappa shape index (κ2) is 6.20. The van der Waals surface area contributed by atoms with Crippen LogP contribution in [0.2, 0.25) is 0 Å². The number of aromatic carboxylic acids is 1. The van der Waals surface area contributed by atoms with Crippen molar-refractivity contribution in [1.29, 1.82) is 5.26 Å². The van der Waals surface area contributed by atoms with Crippen LogP contribution in [0.5, 0.6) is 0 Å². The third-order valence-electron chi connectivity index (χ3n) is 2.98. The van der Waals surface area contributed by atoms with Gasteiger partial charge in [-0.25, -0.2) is 17.6 Å². The number of carboxylic acids is 1. The number of benzene rings is 1. The Kier molecular flexibility index (Phi) is 5.04. The van der Waals surface area contributed by atoms with Gasteiger partial charge in [0.2, 0.25) is 10.0 Å². The smallest absolute Gasteiger partial charge is 0.335 e. The summed E-state index contributed by atoms with van der Waals surface area (Å²) >= 11 is 0. The third-order valence-corrected chi connectivity index (χ3v) is 4.93. The van der Waals surface area contributed by atoms with Gasteiger partial charge in [-0.15, -0.1) is 0 Å². The lowest BCUT2D eigenvalue weighted by Gasteiger charge is -2.20. The van der Waals surface area contributed by atoms with E-state index in [-0.39, 0.29) is 12.1 Å². The molecule has 0 aliphatic rings. The molecular formula is C13H15FN2O4S. The van der Waals surface area contributed by atoms with E-state index in [4.69, 9.17) is 10.4 Å². The number of hydrogen-bond acceptors (Lipinski definition) is 4. The standard InChI is InChI=1S/C13H15FN2O4S/c1-8(6-15)7-16(3)21(19,20)12-5-10(13(17)18)4-11(14)9(12)2/h4-5,8H,7H2,1-3H3,(H,17,18). The predicted octanol–water partition coefficient (Wildman–Crippen LogP) is 1.61. The van der Waals surface area contributed by atoms with Crippen LogP contribution in [0, 0.1) is 30.0 Å². The van der Waals surface area contributed by atoms with Crippen LogP contribution in [-0.2, 0) is 10.0 Å². The maximum absolute atomic E-state index is 13.7. The molecule has 0 aliphatic heterocycles. The number of nitriles is 1. The third kappa shape index (κ3) is 3.56. The van der Waals surface area contributed by atoms with E-state index >= 15 is 0 Å². The first-order valence-electron chi connectivity index (χ1n) is 6.00. The fourth-order valence-electron chi connectivity index (χ4n) is 1.74. The number of nitrogens with zero attached hydrogens (tertiary/aromatic N) is 2. The monoisotopic (exact) mass is 314 g/mol. The van der Waals surface area contributed by atoms with Gasteiger partial charge in [-0.3, -0.25) is 0 Å². The maximum atomic E-state index is 13.7. The van der Waals surface area contributed by atoms with Crippen molar-refractivity contribution in [3.05, 3.63) is 29.1 Å². The first kappa shape index (κ1) is 17.1. The maximum Gasteiger partial charge on any atom is 0.335 e. The molecule has 1 aromatic carbocycles. The van der Waals surface area contributed by atoms with Crippen LogP contribution in [-0.4, -0.2) is 37.4 Å². The zero-order valence-corrected chi connectivity index (χ0v) is 12.6. The zero-order chi connectivity index (χ0) is 16.4. The highest BCUT2D eigenvalue weighted by Gasteiger charge is 2.27. The van der Waals surface area contributed by atoms with E-state index in [0.717, 1.165) is 16.4 Å². The average molecular weight is 314 g/mol. The summed E-state index contributed by atoms with van der Waals surface area (Å²) in [7, 11) is -2.82. The van der Waals surface area contributed by atoms with Crippen LogP contribution in [0.1, 0.15) is 22.8 Å². The average Bonchev–Trinajstić information content (AvgIpc) is 2.40. The number of carboxylic acid groups (broad SMARTS) is 1. The second-order valence-corrected chi connectivity index (χ2v) is 6.72. The summed E-state index contributed by atoms with van der Waals surface area (Å²) in [6.45, 7) is 2.74. The molecule has 0 aliphatic carbocycles. The fourth-order valence-corrected chi connectivity index (χ4v) is 3.25. The highest BCUT2D eigenvalue weighted by atomic mass is 32.2. The first-order valence-corrected chi connectivity index (χ1v) is 7.44. The van der Waals surface area contributed by atoms with Crippen LogP contribution in [0.15, 0.2) is 17.0 Å². The Morgan fingerprint density at radius 2 is 2.10 bits per heavy atom. The summed E-state index contributed by atoms with van der Waals surface area (Å²) in [5, 5.41) is 17.6. The van der Waals surface area contributed by atoms with Crippen molar-refractivity contribution >= 4 is 16.0 Å². The molecule has 1 rings (SSSR count). The van der Waals surface area contributed by atoms with Gasteiger partial charge >= 0.3 is 5.97 Å². The molecule has 0 aromatic heterocycles. The van der Waals surface area contributed by atoms with Crippen molar-refractivity contribution < 1.29 is 22.7 Å². The summed E-state index contributed by atoms with van der Waals surface area (Å²) in [5.41, 5.74) is -0.602. The molecular weight excluding hydrogens is 299 g/mol. The highest BCUT2D eigenvalue weighted by Crippen LogP contribution is 2.24. The van der Waals surface area contributed by atoms with Gasteiger partial charge in [0.05, 0.1) is 22.4 Å². The zero-order valence-electron chi connectivity index (χ0n) is 11.8. The molecule has 8 heteroatoms. The summed E-state index contributed by atoms with van der Waals surface area (Å²) in [5.74, 6) is -2.87. The minimum Gasteiger partial charge on any atom is -0.478 e. The minimum absolute atomic E-state index is 0.0722. The van der Waals surface area contributed by atoms with E-state index in [1.54, 1.807) is 6.92 Å². The molecule has 0 bridgehead atoms. The largest absolute Gasteiger partial charge is 0.478 e. The summed E-state index contributed by atoms with van der Waals surface area (Å²) in [6.07, 6.45) is 0. The van der Waals surface area contributed by atoms with E-state index in [0.29, 0.717) is 0 Å². The van der Waals surface area contributed by atoms with E-state index in [1.807, 2.05) is 6.07 Å². The van der Waals surface area contributed by atoms with E-state index < -0.39 is 38.2 Å². The Hall–Kier alpha value is -1.98. The Bertz CT molecular complexity index is 710. The van der Waals surface area contributed by atoms with E-state index in [2.05, 4.69) is 0 Å². The molecule has 21 heavy (non-hydrogen) atoms. The lowest BCUT2D eigenvalue weighted by molar-refractivity contribution is 0.0696. The van der Waals surface area contributed by atoms with Gasteiger partial charge in [0.1, 0.15) is 5.82 Å². The van der Waals surface area contributed by atoms with Crippen molar-refractivity contribution in [2.24, 2.45) is 5.92 Å². The van der Waals surface area contributed by atoms with Gasteiger partial charge in [0.15, 0.2) is 0 Å². The molecule has 0 saturated heterocycles. The van der Waals surface area contributed by atoms with Crippen molar-refractivity contribution in [2.75, 3.05) is 13.6 Å². The number of hydrogen-bond donors (Lipinski definition) is 1. The Morgan fingerprint density at radius 3 is 2.57 bits per heavy atom. The molecule has 0 fully saturated rings. The normalized spacial score (nSPS) is 13.0. The summed E-state index contributed by atoms with van der Waals surface area (Å²) in [4.78, 5) is 10.5. The predicted molar refractivity (Wildman–Crippen MR) is 72.7 cm³/mol. The molecule has 1 atom stereocenters. The van der Waals surface area contributed by atoms with Crippen molar-refractivity contribution in [2.45, 2.75) is 18.7 Å². The van der Waals surface area contributed by atoms with Crippen molar-refractivity contribution in [3.8, 4) is 6.07 Å². The SMILES string of the molecule is Cc1c(F)cc(C(=O)O)cc1S(=O)(=O)N(C)CC(C)C#N. The lowest BCUT2D eigenvalue weighted by atomic mass is 10.1. The van der Waals surface area contributed by atoms with Crippen molar-refractivity contribution in [1.82, 2.24) is 4.31 Å². The molecule has 1 unspecified atom stereocenters. The Balaban J connectivity index is 3.38. The molecule has 0 saturated carbocycles. The molecule has 0 radical (unpaired) electrons. The fraction of sp³-hybridized carbons (Fsp3) is 0.385. The number of rotatable bonds is 5. The van der Waals surface area contributed by atoms with Gasteiger partial charge < -0.3 is 5.11 Å². The van der Waals surface area contributed by atoms with Crippen LogP contribution >= 0.6 is 0 Å². The lowest BCUT2D eigenvalue weighted by Crippen LogP contribution is -2.31. The van der Waals surface area contributed by atoms with Gasteiger partial charge in [0, 0.05) is 19.2 Å². The van der Waals surface area contributed by atoms with Crippen molar-refractivity contribution in [3.63, 3.8) is 0 Å². The van der Waals surface area contributed by atoms with E-state index in [1.165, 1.54) is 14.0 Å². The molecule has 1 aromatic rings. The van der Waals surface area contributed by atoms with Gasteiger partial charge in [0.25, 0.3) is 0 Å². The van der Waals surface area contributed by atoms with Crippen LogP contribution < -0.4 is 0 Å². The summed E-state index contributed by atoms with van der Waals surface area (Å²) in [6, 6.07) is 3.59. The van der Waals surface area contributed by atoms with Gasteiger partial charge in [-0.2, -0.15) is 9.57 Å². The number of halogens is 1. The molecule has 0 spiro atoms. The van der Waals surface area contributed by atoms with Crippen LogP contribution in [0.4, 0.5) is 4.39 Å². The van der Waals surface area contributed by atoms with Gasteiger partial charge in [-0.1, -0.05) is 0 Å². The molecule has 0 heterocycles. The molecule has 0 amide bonds. The Morgan fingerprint density at radius 1 is 1.52 bits per heavy atom. The molecule has 1 N–H and O–H groups in total. The minimum atomic E-state index is -4.07. The topological polar surface area (TPSA) is 98.5 Å². The molecule has 114 valence electrons. The van der Waals surface area contributed by atoms with Crippen LogP contribution in [0.3, 0.4) is 0 Å². The second-order valence-electron chi connectivity index (χ2n) is 4.70. The highest BCUT2D eigenvalue weighted by molar-refractivity contribution is 7.89. The van der Waals surface area contributed by atoms with E-state index in [9.17, 15) is 17.6 Å². The quantitative estimate of drug-likeness (QED) is 0.890.